The fraction of sp³-hybridized carbons (Fsp3) is 0.556. The van der Waals surface area contributed by atoms with Gasteiger partial charge < -0.3 is 15.4 Å². The lowest BCUT2D eigenvalue weighted by molar-refractivity contribution is 0.288. The molecule has 0 saturated heterocycles. The first-order valence-corrected chi connectivity index (χ1v) is 7.10. The van der Waals surface area contributed by atoms with Crippen molar-refractivity contribution in [3.63, 3.8) is 0 Å². The van der Waals surface area contributed by atoms with Crippen molar-refractivity contribution in [2.24, 2.45) is 0 Å². The number of nitrogens with one attached hydrogen (secondary N) is 2. The van der Waals surface area contributed by atoms with Gasteiger partial charge in [0.15, 0.2) is 0 Å². The third-order valence-corrected chi connectivity index (χ3v) is 4.36. The summed E-state index contributed by atoms with van der Waals surface area (Å²) in [6.07, 6.45) is 3.31. The van der Waals surface area contributed by atoms with Crippen LogP contribution >= 0.6 is 34.4 Å². The van der Waals surface area contributed by atoms with E-state index in [1.807, 2.05) is 35.8 Å². The Labute approximate surface area is 112 Å². The molecule has 16 heavy (non-hydrogen) atoms. The minimum absolute atomic E-state index is 0.0443. The van der Waals surface area contributed by atoms with E-state index < -0.39 is 0 Å². The van der Waals surface area contributed by atoms with Crippen molar-refractivity contribution in [1.29, 1.82) is 0 Å². The number of aromatic amines is 1. The van der Waals surface area contributed by atoms with E-state index in [0.29, 0.717) is 9.39 Å². The van der Waals surface area contributed by atoms with Gasteiger partial charge >= 0.3 is 0 Å². The second kappa shape index (κ2) is 6.45. The Hall–Kier alpha value is -0.280. The molecule has 0 aromatic carbocycles. The molecule has 7 heteroatoms. The molecule has 0 amide bonds. The number of thioether (sulfide) groups is 1. The molecule has 1 heterocycles. The second-order valence-electron chi connectivity index (χ2n) is 3.28. The minimum atomic E-state index is -0.157. The molecular weight excluding hydrogens is 341 g/mol. The first-order chi connectivity index (χ1) is 7.60. The van der Waals surface area contributed by atoms with Gasteiger partial charge in [-0.25, -0.2) is 4.98 Å². The molecule has 2 unspecified atom stereocenters. The van der Waals surface area contributed by atoms with Gasteiger partial charge in [0, 0.05) is 11.3 Å². The Bertz CT molecular complexity index is 395. The number of halogens is 1. The number of H-pyrrole nitrogens is 1. The van der Waals surface area contributed by atoms with Crippen molar-refractivity contribution >= 4 is 40.2 Å². The van der Waals surface area contributed by atoms with Crippen LogP contribution in [0.25, 0.3) is 0 Å². The molecule has 0 aliphatic carbocycles. The molecule has 0 spiro atoms. The van der Waals surface area contributed by atoms with Crippen LogP contribution in [0, 0.1) is 3.57 Å². The average Bonchev–Trinajstić information content (AvgIpc) is 2.26. The molecule has 0 bridgehead atoms. The van der Waals surface area contributed by atoms with Gasteiger partial charge in [0.25, 0.3) is 5.56 Å². The van der Waals surface area contributed by atoms with Gasteiger partial charge in [-0.05, 0) is 35.8 Å². The summed E-state index contributed by atoms with van der Waals surface area (Å²) in [7, 11) is 0. The summed E-state index contributed by atoms with van der Waals surface area (Å²) in [5, 5.41) is 12.4. The predicted octanol–water partition coefficient (Wildman–Crippen LogP) is 0.899. The number of aliphatic hydroxyl groups is 1. The number of aromatic nitrogens is 2. The Morgan fingerprint density at radius 2 is 2.44 bits per heavy atom. The van der Waals surface area contributed by atoms with Crippen molar-refractivity contribution in [3.8, 4) is 0 Å². The summed E-state index contributed by atoms with van der Waals surface area (Å²) in [6.45, 7) is 2.05. The van der Waals surface area contributed by atoms with Crippen molar-refractivity contribution in [1.82, 2.24) is 9.97 Å². The van der Waals surface area contributed by atoms with Crippen LogP contribution in [0.5, 0.6) is 0 Å². The number of aliphatic hydroxyl groups excluding tert-OH is 1. The van der Waals surface area contributed by atoms with Gasteiger partial charge in [0.05, 0.1) is 12.9 Å². The summed E-state index contributed by atoms with van der Waals surface area (Å²) >= 11 is 3.53. The fourth-order valence-corrected chi connectivity index (χ4v) is 2.31. The topological polar surface area (TPSA) is 78.0 Å². The zero-order valence-electron chi connectivity index (χ0n) is 9.03. The highest BCUT2D eigenvalue weighted by Gasteiger charge is 2.17. The summed E-state index contributed by atoms with van der Waals surface area (Å²) < 4.78 is 0.532. The van der Waals surface area contributed by atoms with Crippen LogP contribution in [-0.2, 0) is 0 Å². The largest absolute Gasteiger partial charge is 0.395 e. The lowest BCUT2D eigenvalue weighted by atomic mass is 10.2. The van der Waals surface area contributed by atoms with E-state index in [1.165, 1.54) is 6.33 Å². The summed E-state index contributed by atoms with van der Waals surface area (Å²) in [5.41, 5.74) is -0.157. The van der Waals surface area contributed by atoms with E-state index >= 15 is 0 Å². The van der Waals surface area contributed by atoms with Crippen LogP contribution in [0.1, 0.15) is 6.92 Å². The van der Waals surface area contributed by atoms with Crippen molar-refractivity contribution in [2.75, 3.05) is 18.2 Å². The van der Waals surface area contributed by atoms with Crippen LogP contribution in [0.4, 0.5) is 5.82 Å². The highest BCUT2D eigenvalue weighted by Crippen LogP contribution is 2.16. The van der Waals surface area contributed by atoms with Crippen LogP contribution in [-0.4, -0.2) is 39.2 Å². The molecule has 90 valence electrons. The van der Waals surface area contributed by atoms with Gasteiger partial charge in [0.1, 0.15) is 9.39 Å². The maximum atomic E-state index is 11.3. The number of anilines is 1. The molecule has 0 fully saturated rings. The lowest BCUT2D eigenvalue weighted by Gasteiger charge is -2.21. The molecule has 0 aliphatic heterocycles. The molecule has 1 rings (SSSR count). The number of nitrogens with zero attached hydrogens (tertiary/aromatic N) is 1. The molecular formula is C9H14IN3O2S. The monoisotopic (exact) mass is 355 g/mol. The highest BCUT2D eigenvalue weighted by atomic mass is 127. The molecule has 0 radical (unpaired) electrons. The van der Waals surface area contributed by atoms with Gasteiger partial charge in [-0.1, -0.05) is 0 Å². The number of hydrogen-bond acceptors (Lipinski definition) is 5. The Morgan fingerprint density at radius 1 is 1.75 bits per heavy atom. The summed E-state index contributed by atoms with van der Waals surface area (Å²) in [6, 6.07) is 0.0443. The third-order valence-electron chi connectivity index (χ3n) is 2.20. The molecule has 1 aromatic heterocycles. The standard InChI is InChI=1S/C9H14IN3O2S/c1-5(6(3-14)16-2)13-8-7(10)9(15)12-4-11-8/h4-6,14H,3H2,1-2H3,(H2,11,12,13,15). The van der Waals surface area contributed by atoms with Gasteiger partial charge in [-0.3, -0.25) is 4.79 Å². The lowest BCUT2D eigenvalue weighted by Crippen LogP contribution is -2.32. The van der Waals surface area contributed by atoms with Crippen LogP contribution in [0.15, 0.2) is 11.1 Å². The van der Waals surface area contributed by atoms with Crippen LogP contribution in [0.2, 0.25) is 0 Å². The Morgan fingerprint density at radius 3 is 3.00 bits per heavy atom. The first kappa shape index (κ1) is 13.8. The molecule has 5 nitrogen and oxygen atoms in total. The van der Waals surface area contributed by atoms with E-state index in [0.717, 1.165) is 0 Å². The van der Waals surface area contributed by atoms with Gasteiger partial charge in [-0.2, -0.15) is 11.8 Å². The predicted molar refractivity (Wildman–Crippen MR) is 75.0 cm³/mol. The number of hydrogen-bond donors (Lipinski definition) is 3. The van der Waals surface area contributed by atoms with E-state index in [9.17, 15) is 4.79 Å². The third kappa shape index (κ3) is 3.36. The normalized spacial score (nSPS) is 14.5. The zero-order chi connectivity index (χ0) is 12.1. The minimum Gasteiger partial charge on any atom is -0.395 e. The smallest absolute Gasteiger partial charge is 0.266 e. The molecule has 0 saturated carbocycles. The molecule has 1 aromatic rings. The summed E-state index contributed by atoms with van der Waals surface area (Å²) in [4.78, 5) is 17.9. The Kier molecular flexibility index (Phi) is 5.56. The quantitative estimate of drug-likeness (QED) is 0.684. The van der Waals surface area contributed by atoms with Gasteiger partial charge in [0.2, 0.25) is 0 Å². The maximum absolute atomic E-state index is 11.3. The maximum Gasteiger partial charge on any atom is 0.266 e. The van der Waals surface area contributed by atoms with Crippen LogP contribution < -0.4 is 10.9 Å². The van der Waals surface area contributed by atoms with E-state index in [1.54, 1.807) is 11.8 Å². The van der Waals surface area contributed by atoms with Crippen molar-refractivity contribution < 1.29 is 5.11 Å². The van der Waals surface area contributed by atoms with E-state index in [4.69, 9.17) is 5.11 Å². The molecule has 2 atom stereocenters. The second-order valence-corrected chi connectivity index (χ2v) is 5.44. The summed E-state index contributed by atoms with van der Waals surface area (Å²) in [5.74, 6) is 0.560. The van der Waals surface area contributed by atoms with Crippen LogP contribution in [0.3, 0.4) is 0 Å². The SMILES string of the molecule is CSC(CO)C(C)Nc1nc[nH]c(=O)c1I. The number of rotatable bonds is 5. The van der Waals surface area contributed by atoms with E-state index in [2.05, 4.69) is 15.3 Å². The fourth-order valence-electron chi connectivity index (χ4n) is 1.23. The Balaban J connectivity index is 2.80. The molecule has 3 N–H and O–H groups in total. The zero-order valence-corrected chi connectivity index (χ0v) is 12.0. The average molecular weight is 355 g/mol. The van der Waals surface area contributed by atoms with Gasteiger partial charge in [-0.15, -0.1) is 0 Å². The first-order valence-electron chi connectivity index (χ1n) is 4.73. The van der Waals surface area contributed by atoms with Crippen molar-refractivity contribution in [2.45, 2.75) is 18.2 Å². The van der Waals surface area contributed by atoms with E-state index in [-0.39, 0.29) is 23.5 Å². The molecule has 0 aliphatic rings. The highest BCUT2D eigenvalue weighted by molar-refractivity contribution is 14.1. The van der Waals surface area contributed by atoms with Crippen molar-refractivity contribution in [3.05, 3.63) is 20.3 Å².